The van der Waals surface area contributed by atoms with E-state index in [1.165, 1.54) is 0 Å². The summed E-state index contributed by atoms with van der Waals surface area (Å²) in [5, 5.41) is 32.6. The molecule has 0 unspecified atom stereocenters. The number of nitriles is 1. The van der Waals surface area contributed by atoms with E-state index in [2.05, 4.69) is 11.4 Å². The molecule has 37 heavy (non-hydrogen) atoms. The second-order valence-corrected chi connectivity index (χ2v) is 9.29. The molecule has 0 spiro atoms. The molecule has 7 nitrogen and oxygen atoms in total. The van der Waals surface area contributed by atoms with Crippen LogP contribution in [-0.4, -0.2) is 35.9 Å². The van der Waals surface area contributed by atoms with Crippen molar-refractivity contribution in [3.8, 4) is 34.3 Å². The molecule has 5 rings (SSSR count). The molecule has 1 aliphatic carbocycles. The molecule has 0 radical (unpaired) electrons. The molecule has 0 amide bonds. The number of ether oxygens (including phenoxy) is 1. The van der Waals surface area contributed by atoms with Gasteiger partial charge in [0.2, 0.25) is 0 Å². The van der Waals surface area contributed by atoms with Crippen molar-refractivity contribution in [1.29, 1.82) is 5.26 Å². The van der Waals surface area contributed by atoms with Crippen LogP contribution < -0.4 is 10.1 Å². The number of nitrogens with zero attached hydrogens (tertiary/aromatic N) is 1. The van der Waals surface area contributed by atoms with Crippen LogP contribution in [0, 0.1) is 11.3 Å². The van der Waals surface area contributed by atoms with Crippen molar-refractivity contribution in [3.63, 3.8) is 0 Å². The Morgan fingerprint density at radius 2 is 2.00 bits per heavy atom. The number of carboxylic acid groups (broad SMARTS) is 1. The van der Waals surface area contributed by atoms with Gasteiger partial charge in [-0.2, -0.15) is 5.26 Å². The minimum atomic E-state index is -0.845. The first-order valence-corrected chi connectivity index (χ1v) is 12.5. The fraction of sp³-hybridized carbons (Fsp3) is 0.241. The molecular weight excluding hydrogens is 492 g/mol. The summed E-state index contributed by atoms with van der Waals surface area (Å²) in [4.78, 5) is 10.9. The number of carbonyl (C=O) groups is 1. The first-order chi connectivity index (χ1) is 18.0. The minimum absolute atomic E-state index is 0.00329. The van der Waals surface area contributed by atoms with E-state index in [0.29, 0.717) is 39.8 Å². The maximum absolute atomic E-state index is 10.9. The molecule has 0 saturated heterocycles. The zero-order valence-corrected chi connectivity index (χ0v) is 20.7. The number of hydrogen-bond donors (Lipinski definition) is 3. The number of rotatable bonds is 9. The van der Waals surface area contributed by atoms with Gasteiger partial charge in [-0.25, -0.2) is 0 Å². The Bertz CT molecular complexity index is 1520. The van der Waals surface area contributed by atoms with Crippen LogP contribution >= 0.6 is 11.6 Å². The highest BCUT2D eigenvalue weighted by Crippen LogP contribution is 2.43. The molecule has 0 bridgehead atoms. The average Bonchev–Trinajstić information content (AvgIpc) is 3.50. The number of halogens is 1. The fourth-order valence-electron chi connectivity index (χ4n) is 4.95. The predicted octanol–water partition coefficient (Wildman–Crippen LogP) is 5.71. The van der Waals surface area contributed by atoms with Crippen molar-refractivity contribution in [2.75, 3.05) is 19.8 Å². The van der Waals surface area contributed by atoms with E-state index in [1.54, 1.807) is 0 Å². The average molecular weight is 517 g/mol. The van der Waals surface area contributed by atoms with E-state index < -0.39 is 5.97 Å². The van der Waals surface area contributed by atoms with Crippen LogP contribution in [0.4, 0.5) is 0 Å². The van der Waals surface area contributed by atoms with Gasteiger partial charge in [0.15, 0.2) is 5.58 Å². The van der Waals surface area contributed by atoms with Crippen molar-refractivity contribution >= 4 is 28.5 Å². The summed E-state index contributed by atoms with van der Waals surface area (Å²) in [6.45, 7) is 0.502. The summed E-state index contributed by atoms with van der Waals surface area (Å²) in [7, 11) is 0. The second-order valence-electron chi connectivity index (χ2n) is 8.92. The van der Waals surface area contributed by atoms with Crippen molar-refractivity contribution in [2.24, 2.45) is 0 Å². The molecule has 3 N–H and O–H groups in total. The topological polar surface area (TPSA) is 116 Å². The predicted molar refractivity (Wildman–Crippen MR) is 141 cm³/mol. The van der Waals surface area contributed by atoms with Gasteiger partial charge in [-0.05, 0) is 59.9 Å². The third-order valence-corrected chi connectivity index (χ3v) is 7.03. The third kappa shape index (κ3) is 4.92. The maximum atomic E-state index is 10.9. The standard InChI is InChI=1S/C29H25ClN2O5/c30-28-20(17-3-1-4-19(13-17)36-12-11-33)5-2-6-22(28)26-15-18-14-23-21(24(16-31)29(18)37-26)7-8-25(23)32-10-9-27(34)35/h1-6,13-15,25,32-33H,7-12H2,(H,34,35)/t25-/m1/s1. The van der Waals surface area contributed by atoms with Crippen molar-refractivity contribution < 1.29 is 24.2 Å². The van der Waals surface area contributed by atoms with Gasteiger partial charge in [0.25, 0.3) is 0 Å². The van der Waals surface area contributed by atoms with Crippen LogP contribution in [0.1, 0.15) is 35.6 Å². The molecular formula is C29H25ClN2O5. The number of aliphatic carboxylic acids is 1. The lowest BCUT2D eigenvalue weighted by Gasteiger charge is -2.13. The van der Waals surface area contributed by atoms with Gasteiger partial charge in [-0.1, -0.05) is 35.9 Å². The number of fused-ring (bicyclic) bond motifs is 2. The van der Waals surface area contributed by atoms with Crippen molar-refractivity contribution in [1.82, 2.24) is 5.32 Å². The van der Waals surface area contributed by atoms with Gasteiger partial charge < -0.3 is 24.7 Å². The maximum Gasteiger partial charge on any atom is 0.304 e. The van der Waals surface area contributed by atoms with Crippen LogP contribution in [0.2, 0.25) is 5.02 Å². The van der Waals surface area contributed by atoms with E-state index in [-0.39, 0.29) is 25.7 Å². The van der Waals surface area contributed by atoms with Gasteiger partial charge in [0.05, 0.1) is 23.6 Å². The molecule has 188 valence electrons. The van der Waals surface area contributed by atoms with Crippen LogP contribution in [0.5, 0.6) is 5.75 Å². The van der Waals surface area contributed by atoms with E-state index in [0.717, 1.165) is 40.5 Å². The lowest BCUT2D eigenvalue weighted by molar-refractivity contribution is -0.136. The summed E-state index contributed by atoms with van der Waals surface area (Å²) < 4.78 is 11.8. The molecule has 3 aromatic carbocycles. The fourth-order valence-corrected chi connectivity index (χ4v) is 5.27. The summed E-state index contributed by atoms with van der Waals surface area (Å²) in [5.41, 5.74) is 5.39. The monoisotopic (exact) mass is 516 g/mol. The van der Waals surface area contributed by atoms with E-state index in [1.807, 2.05) is 54.6 Å². The van der Waals surface area contributed by atoms with E-state index >= 15 is 0 Å². The highest BCUT2D eigenvalue weighted by atomic mass is 35.5. The van der Waals surface area contributed by atoms with Crippen LogP contribution in [0.15, 0.2) is 59.0 Å². The Morgan fingerprint density at radius 1 is 1.19 bits per heavy atom. The number of nitrogens with one attached hydrogen (secondary N) is 1. The molecule has 1 heterocycles. The highest BCUT2D eigenvalue weighted by molar-refractivity contribution is 6.36. The van der Waals surface area contributed by atoms with Crippen LogP contribution in [0.25, 0.3) is 33.4 Å². The quantitative estimate of drug-likeness (QED) is 0.261. The van der Waals surface area contributed by atoms with E-state index in [4.69, 9.17) is 31.0 Å². The zero-order valence-electron chi connectivity index (χ0n) is 20.0. The molecule has 0 aliphatic heterocycles. The summed E-state index contributed by atoms with van der Waals surface area (Å²) >= 11 is 6.88. The molecule has 1 atom stereocenters. The molecule has 1 aliphatic rings. The normalized spacial score (nSPS) is 14.5. The third-order valence-electron chi connectivity index (χ3n) is 6.62. The van der Waals surface area contributed by atoms with E-state index in [9.17, 15) is 10.1 Å². The molecule has 8 heteroatoms. The lowest BCUT2D eigenvalue weighted by atomic mass is 9.99. The zero-order chi connectivity index (χ0) is 25.9. The minimum Gasteiger partial charge on any atom is -0.491 e. The SMILES string of the molecule is N#Cc1c2c(cc3cc(-c4cccc(-c5cccc(OCCO)c5)c4Cl)oc13)[C@H](NCCC(=O)O)CC2. The number of benzene rings is 3. The first-order valence-electron chi connectivity index (χ1n) is 12.1. The number of aliphatic hydroxyl groups is 1. The summed E-state index contributed by atoms with van der Waals surface area (Å²) in [6, 6.07) is 19.4. The number of aliphatic hydroxyl groups excluding tert-OH is 1. The van der Waals surface area contributed by atoms with Gasteiger partial charge in [0, 0.05) is 29.1 Å². The highest BCUT2D eigenvalue weighted by Gasteiger charge is 2.28. The molecule has 4 aromatic rings. The van der Waals surface area contributed by atoms with Gasteiger partial charge >= 0.3 is 5.97 Å². The second kappa shape index (κ2) is 10.7. The Morgan fingerprint density at radius 3 is 2.78 bits per heavy atom. The summed E-state index contributed by atoms with van der Waals surface area (Å²) in [5.74, 6) is 0.350. The Labute approximate surface area is 218 Å². The Kier molecular flexibility index (Phi) is 7.15. The van der Waals surface area contributed by atoms with Gasteiger partial charge in [-0.15, -0.1) is 0 Å². The van der Waals surface area contributed by atoms with Crippen molar-refractivity contribution in [3.05, 3.63) is 76.3 Å². The lowest BCUT2D eigenvalue weighted by Crippen LogP contribution is -2.22. The summed E-state index contributed by atoms with van der Waals surface area (Å²) in [6.07, 6.45) is 1.57. The Balaban J connectivity index is 1.52. The Hall–Kier alpha value is -3.83. The van der Waals surface area contributed by atoms with Gasteiger partial charge in [-0.3, -0.25) is 4.79 Å². The van der Waals surface area contributed by atoms with Crippen LogP contribution in [-0.2, 0) is 11.2 Å². The molecule has 0 saturated carbocycles. The number of carboxylic acids is 1. The largest absolute Gasteiger partial charge is 0.491 e. The van der Waals surface area contributed by atoms with Crippen LogP contribution in [0.3, 0.4) is 0 Å². The molecule has 0 fully saturated rings. The first kappa shape index (κ1) is 24.8. The molecule has 1 aromatic heterocycles. The van der Waals surface area contributed by atoms with Crippen molar-refractivity contribution in [2.45, 2.75) is 25.3 Å². The number of furan rings is 1. The smallest absolute Gasteiger partial charge is 0.304 e. The van der Waals surface area contributed by atoms with Gasteiger partial charge in [0.1, 0.15) is 24.2 Å². The number of hydrogen-bond acceptors (Lipinski definition) is 6.